The molecule has 0 spiro atoms. The molecule has 1 saturated carbocycles. The van der Waals surface area contributed by atoms with Crippen LogP contribution >= 0.6 is 11.6 Å². The van der Waals surface area contributed by atoms with E-state index in [1.165, 1.54) is 0 Å². The molecule has 3 aliphatic carbocycles. The van der Waals surface area contributed by atoms with E-state index in [9.17, 15) is 0 Å². The second kappa shape index (κ2) is 1.50. The molecule has 0 nitrogen and oxygen atoms in total. The minimum absolute atomic E-state index is 0.407. The van der Waals surface area contributed by atoms with Gasteiger partial charge in [0.2, 0.25) is 0 Å². The first-order chi connectivity index (χ1) is 4.88. The lowest BCUT2D eigenvalue weighted by molar-refractivity contribution is 0.168. The van der Waals surface area contributed by atoms with E-state index in [2.05, 4.69) is 24.3 Å². The third kappa shape index (κ3) is 0.402. The molecule has 3 rings (SSSR count). The average Bonchev–Trinajstić information content (AvgIpc) is 2.37. The zero-order chi connectivity index (χ0) is 6.72. The van der Waals surface area contributed by atoms with Gasteiger partial charge in [-0.15, -0.1) is 11.6 Å². The molecular weight excluding hydrogens is 144 g/mol. The molecule has 0 bridgehead atoms. The molecule has 0 aromatic carbocycles. The Morgan fingerprint density at radius 1 is 0.900 bits per heavy atom. The lowest BCUT2D eigenvalue weighted by Gasteiger charge is -2.42. The monoisotopic (exact) mass is 152 g/mol. The first-order valence-electron chi connectivity index (χ1n) is 3.88. The Labute approximate surface area is 65.6 Å². The second-order valence-electron chi connectivity index (χ2n) is 3.52. The lowest BCUT2D eigenvalue weighted by Crippen LogP contribution is -2.43. The summed E-state index contributed by atoms with van der Waals surface area (Å²) in [6, 6.07) is 0. The maximum atomic E-state index is 6.14. The molecule has 1 heteroatoms. The molecular formula is C9H9Cl. The van der Waals surface area contributed by atoms with Crippen molar-refractivity contribution >= 4 is 11.6 Å². The van der Waals surface area contributed by atoms with E-state index < -0.39 is 0 Å². The molecule has 0 saturated heterocycles. The minimum Gasteiger partial charge on any atom is -0.122 e. The van der Waals surface area contributed by atoms with Crippen LogP contribution in [0.1, 0.15) is 0 Å². The zero-order valence-electron chi connectivity index (χ0n) is 5.57. The Balaban J connectivity index is 2.06. The van der Waals surface area contributed by atoms with E-state index in [4.69, 9.17) is 11.6 Å². The lowest BCUT2D eigenvalue weighted by atomic mass is 9.66. The molecule has 2 atom stereocenters. The van der Waals surface area contributed by atoms with Gasteiger partial charge in [0.15, 0.2) is 0 Å². The Kier molecular flexibility index (Phi) is 0.815. The van der Waals surface area contributed by atoms with Crippen molar-refractivity contribution in [3.8, 4) is 0 Å². The SMILES string of the molecule is ClC1[C@H]2C=CC3C=C[C@H]1C32. The van der Waals surface area contributed by atoms with Crippen LogP contribution in [-0.4, -0.2) is 5.38 Å². The number of alkyl halides is 1. The fraction of sp³-hybridized carbons (Fsp3) is 0.556. The average molecular weight is 153 g/mol. The van der Waals surface area contributed by atoms with E-state index in [0.29, 0.717) is 17.2 Å². The maximum Gasteiger partial charge on any atom is 0.0467 e. The molecule has 10 heavy (non-hydrogen) atoms. The molecule has 3 aliphatic rings. The molecule has 0 unspecified atom stereocenters. The van der Waals surface area contributed by atoms with Crippen LogP contribution in [-0.2, 0) is 0 Å². The van der Waals surface area contributed by atoms with Gasteiger partial charge >= 0.3 is 0 Å². The van der Waals surface area contributed by atoms with Crippen LogP contribution in [0.15, 0.2) is 24.3 Å². The molecule has 0 radical (unpaired) electrons. The van der Waals surface area contributed by atoms with Gasteiger partial charge in [-0.1, -0.05) is 24.3 Å². The maximum absolute atomic E-state index is 6.14. The van der Waals surface area contributed by atoms with Gasteiger partial charge in [-0.2, -0.15) is 0 Å². The summed E-state index contributed by atoms with van der Waals surface area (Å²) in [7, 11) is 0. The van der Waals surface area contributed by atoms with Crippen LogP contribution in [0.4, 0.5) is 0 Å². The topological polar surface area (TPSA) is 0 Å². The summed E-state index contributed by atoms with van der Waals surface area (Å²) in [5, 5.41) is 0.407. The Morgan fingerprint density at radius 2 is 1.50 bits per heavy atom. The van der Waals surface area contributed by atoms with Crippen LogP contribution in [0, 0.1) is 23.7 Å². The van der Waals surface area contributed by atoms with Crippen molar-refractivity contribution < 1.29 is 0 Å². The highest BCUT2D eigenvalue weighted by atomic mass is 35.5. The number of halogens is 1. The number of allylic oxidation sites excluding steroid dienone is 4. The highest BCUT2D eigenvalue weighted by Crippen LogP contribution is 2.57. The Bertz CT molecular complexity index is 207. The molecule has 0 heterocycles. The fourth-order valence-corrected chi connectivity index (χ4v) is 3.11. The third-order valence-corrected chi connectivity index (χ3v) is 3.76. The smallest absolute Gasteiger partial charge is 0.0467 e. The van der Waals surface area contributed by atoms with Gasteiger partial charge in [0.1, 0.15) is 0 Å². The Hall–Kier alpha value is -0.230. The van der Waals surface area contributed by atoms with Crippen molar-refractivity contribution in [3.63, 3.8) is 0 Å². The van der Waals surface area contributed by atoms with E-state index in [-0.39, 0.29) is 0 Å². The molecule has 0 amide bonds. The summed E-state index contributed by atoms with van der Waals surface area (Å²) in [6.07, 6.45) is 9.22. The molecule has 0 N–H and O–H groups in total. The standard InChI is InChI=1S/C9H9Cl/c10-9-6-3-1-5-2-4-7(9)8(5)6/h1-9H/t5?,6-,7-,8?,9?/m0/s1. The largest absolute Gasteiger partial charge is 0.122 e. The van der Waals surface area contributed by atoms with Crippen LogP contribution in [0.2, 0.25) is 0 Å². The van der Waals surface area contributed by atoms with Crippen LogP contribution in [0.25, 0.3) is 0 Å². The summed E-state index contributed by atoms with van der Waals surface area (Å²) in [5.74, 6) is 3.01. The highest BCUT2D eigenvalue weighted by molar-refractivity contribution is 6.22. The molecule has 0 aromatic rings. The van der Waals surface area contributed by atoms with Gasteiger partial charge in [0.05, 0.1) is 0 Å². The van der Waals surface area contributed by atoms with Crippen molar-refractivity contribution in [1.29, 1.82) is 0 Å². The predicted octanol–water partition coefficient (Wildman–Crippen LogP) is 2.21. The van der Waals surface area contributed by atoms with E-state index >= 15 is 0 Å². The van der Waals surface area contributed by atoms with Gasteiger partial charge in [0, 0.05) is 5.38 Å². The van der Waals surface area contributed by atoms with Crippen LogP contribution in [0.5, 0.6) is 0 Å². The summed E-state index contributed by atoms with van der Waals surface area (Å²) in [5.41, 5.74) is 0. The molecule has 0 aromatic heterocycles. The van der Waals surface area contributed by atoms with Gasteiger partial charge < -0.3 is 0 Å². The normalized spacial score (nSPS) is 60.7. The van der Waals surface area contributed by atoms with E-state index in [1.54, 1.807) is 0 Å². The Morgan fingerprint density at radius 3 is 2.10 bits per heavy atom. The quantitative estimate of drug-likeness (QED) is 0.369. The number of hydrogen-bond donors (Lipinski definition) is 0. The summed E-state index contributed by atoms with van der Waals surface area (Å²) >= 11 is 6.14. The summed E-state index contributed by atoms with van der Waals surface area (Å²) in [6.45, 7) is 0. The highest BCUT2D eigenvalue weighted by Gasteiger charge is 2.54. The van der Waals surface area contributed by atoms with Crippen molar-refractivity contribution in [3.05, 3.63) is 24.3 Å². The summed E-state index contributed by atoms with van der Waals surface area (Å²) < 4.78 is 0. The summed E-state index contributed by atoms with van der Waals surface area (Å²) in [4.78, 5) is 0. The minimum atomic E-state index is 0.407. The van der Waals surface area contributed by atoms with Crippen molar-refractivity contribution in [2.24, 2.45) is 23.7 Å². The predicted molar refractivity (Wildman–Crippen MR) is 41.9 cm³/mol. The third-order valence-electron chi connectivity index (χ3n) is 3.18. The molecule has 52 valence electrons. The van der Waals surface area contributed by atoms with Crippen LogP contribution in [0.3, 0.4) is 0 Å². The van der Waals surface area contributed by atoms with Crippen molar-refractivity contribution in [2.75, 3.05) is 0 Å². The molecule has 1 fully saturated rings. The first-order valence-corrected chi connectivity index (χ1v) is 4.32. The van der Waals surface area contributed by atoms with Gasteiger partial charge in [-0.05, 0) is 23.7 Å². The van der Waals surface area contributed by atoms with Gasteiger partial charge in [-0.25, -0.2) is 0 Å². The van der Waals surface area contributed by atoms with Crippen molar-refractivity contribution in [2.45, 2.75) is 5.38 Å². The zero-order valence-corrected chi connectivity index (χ0v) is 6.33. The number of rotatable bonds is 0. The first kappa shape index (κ1) is 5.42. The second-order valence-corrected chi connectivity index (χ2v) is 4.03. The van der Waals surface area contributed by atoms with Gasteiger partial charge in [0.25, 0.3) is 0 Å². The van der Waals surface area contributed by atoms with Gasteiger partial charge in [-0.3, -0.25) is 0 Å². The van der Waals surface area contributed by atoms with Crippen LogP contribution < -0.4 is 0 Å². The van der Waals surface area contributed by atoms with E-state index in [0.717, 1.165) is 11.8 Å². The fourth-order valence-electron chi connectivity index (χ4n) is 2.61. The van der Waals surface area contributed by atoms with Crippen molar-refractivity contribution in [1.82, 2.24) is 0 Å². The molecule has 0 aliphatic heterocycles. The van der Waals surface area contributed by atoms with E-state index in [1.807, 2.05) is 0 Å². The number of hydrogen-bond acceptors (Lipinski definition) is 0.